The van der Waals surface area contributed by atoms with Gasteiger partial charge in [-0.2, -0.15) is 0 Å². The monoisotopic (exact) mass is 529 g/mol. The molecule has 7 heteroatoms. The second-order valence-electron chi connectivity index (χ2n) is 9.66. The molecule has 0 saturated carbocycles. The third-order valence-electron chi connectivity index (χ3n) is 6.80. The van der Waals surface area contributed by atoms with Crippen molar-refractivity contribution < 1.29 is 14.3 Å². The first-order valence-corrected chi connectivity index (χ1v) is 13.6. The van der Waals surface area contributed by atoms with Gasteiger partial charge in [0.2, 0.25) is 0 Å². The van der Waals surface area contributed by atoms with Gasteiger partial charge in [-0.3, -0.25) is 0 Å². The smallest absolute Gasteiger partial charge is 0.340 e. The molecule has 0 aromatic carbocycles. The molecule has 1 aliphatic heterocycles. The highest BCUT2D eigenvalue weighted by Gasteiger charge is 2.21. The van der Waals surface area contributed by atoms with Crippen molar-refractivity contribution in [2.24, 2.45) is 4.99 Å². The second kappa shape index (κ2) is 16.2. The molecular weight excluding hydrogens is 486 g/mol. The number of esters is 1. The third kappa shape index (κ3) is 8.96. The summed E-state index contributed by atoms with van der Waals surface area (Å²) in [7, 11) is 1.64. The summed E-state index contributed by atoms with van der Waals surface area (Å²) in [5.41, 5.74) is 5.57. The first-order chi connectivity index (χ1) is 17.5. The van der Waals surface area contributed by atoms with E-state index in [4.69, 9.17) is 14.5 Å². The first-order valence-electron chi connectivity index (χ1n) is 13.6. The molecule has 0 amide bonds. The summed E-state index contributed by atoms with van der Waals surface area (Å²) in [6.07, 6.45) is 19.7. The molecule has 0 aliphatic carbocycles. The molecule has 3 rings (SSSR count). The number of nitrogens with zero attached hydrogens (tertiary/aromatic N) is 1. The highest BCUT2D eigenvalue weighted by atomic mass is 35.5. The van der Waals surface area contributed by atoms with Crippen molar-refractivity contribution in [2.75, 3.05) is 13.7 Å². The summed E-state index contributed by atoms with van der Waals surface area (Å²) in [6, 6.07) is 3.91. The van der Waals surface area contributed by atoms with E-state index >= 15 is 0 Å². The Kier molecular flexibility index (Phi) is 13.3. The second-order valence-corrected chi connectivity index (χ2v) is 9.66. The number of aryl methyl sites for hydroxylation is 1. The van der Waals surface area contributed by atoms with Gasteiger partial charge in [0.15, 0.2) is 0 Å². The number of aliphatic imine (C=N–C) groups is 1. The van der Waals surface area contributed by atoms with Gasteiger partial charge in [-0.25, -0.2) is 9.79 Å². The Morgan fingerprint density at radius 2 is 1.65 bits per heavy atom. The van der Waals surface area contributed by atoms with Crippen molar-refractivity contribution in [1.82, 2.24) is 9.97 Å². The minimum Gasteiger partial charge on any atom is -0.494 e. The quantitative estimate of drug-likeness (QED) is 0.170. The number of methoxy groups -OCH3 is 1. The van der Waals surface area contributed by atoms with Crippen LogP contribution in [-0.2, 0) is 9.47 Å². The van der Waals surface area contributed by atoms with Crippen LogP contribution in [0.4, 0.5) is 0 Å². The highest BCUT2D eigenvalue weighted by molar-refractivity contribution is 6.11. The maximum atomic E-state index is 12.8. The number of halogens is 1. The van der Waals surface area contributed by atoms with Crippen molar-refractivity contribution in [2.45, 2.75) is 91.4 Å². The fourth-order valence-electron chi connectivity index (χ4n) is 4.67. The number of carbonyl (C=O) groups is 1. The summed E-state index contributed by atoms with van der Waals surface area (Å²) >= 11 is 0. The number of ether oxygens (including phenoxy) is 2. The SMILES string of the molecule is CCCCCCCCCCCCCOC(=O)c1c(C)[nH]c(/C=C2\N=C(c3ccc[nH]3)C=C2OC)c1C.Cl. The standard InChI is InChI=1S/C30H43N3O3.ClH/c1-5-6-7-8-9-10-11-12-13-14-15-19-36-30(34)29-22(2)25(32-23(29)3)20-27-28(35-4)21-26(33-27)24-17-16-18-31-24;/h16-18,20-21,31-32H,5-15,19H2,1-4H3;1H/b27-20-;. The Hall–Kier alpha value is -2.73. The van der Waals surface area contributed by atoms with Crippen molar-refractivity contribution in [3.63, 3.8) is 0 Å². The predicted octanol–water partition coefficient (Wildman–Crippen LogP) is 8.22. The normalized spacial score (nSPS) is 13.9. The van der Waals surface area contributed by atoms with E-state index in [1.54, 1.807) is 7.11 Å². The lowest BCUT2D eigenvalue weighted by molar-refractivity contribution is 0.0496. The number of nitrogens with one attached hydrogen (secondary N) is 2. The van der Waals surface area contributed by atoms with E-state index in [0.29, 0.717) is 23.6 Å². The minimum absolute atomic E-state index is 0. The Bertz CT molecular complexity index is 1060. The van der Waals surface area contributed by atoms with E-state index < -0.39 is 0 Å². The number of aromatic amines is 2. The Morgan fingerprint density at radius 1 is 1.00 bits per heavy atom. The molecule has 0 unspecified atom stereocenters. The average molecular weight is 530 g/mol. The molecule has 1 aliphatic rings. The van der Waals surface area contributed by atoms with Gasteiger partial charge in [-0.15, -0.1) is 12.4 Å². The summed E-state index contributed by atoms with van der Waals surface area (Å²) in [6.45, 7) is 6.57. The number of allylic oxidation sites excluding steroid dienone is 1. The van der Waals surface area contributed by atoms with Crippen molar-refractivity contribution in [3.05, 3.63) is 64.1 Å². The maximum absolute atomic E-state index is 12.8. The number of unbranched alkanes of at least 4 members (excludes halogenated alkanes) is 10. The summed E-state index contributed by atoms with van der Waals surface area (Å²) in [4.78, 5) is 24.0. The lowest BCUT2D eigenvalue weighted by Crippen LogP contribution is -2.08. The molecule has 2 N–H and O–H groups in total. The Labute approximate surface area is 228 Å². The van der Waals surface area contributed by atoms with Crippen LogP contribution in [0.1, 0.15) is 111 Å². The van der Waals surface area contributed by atoms with Crippen LogP contribution in [0.2, 0.25) is 0 Å². The van der Waals surface area contributed by atoms with E-state index in [1.165, 1.54) is 57.8 Å². The molecule has 0 radical (unpaired) electrons. The van der Waals surface area contributed by atoms with E-state index in [1.807, 2.05) is 44.3 Å². The van der Waals surface area contributed by atoms with E-state index in [-0.39, 0.29) is 18.4 Å². The number of H-pyrrole nitrogens is 2. The van der Waals surface area contributed by atoms with Gasteiger partial charge < -0.3 is 19.4 Å². The molecule has 6 nitrogen and oxygen atoms in total. The fourth-order valence-corrected chi connectivity index (χ4v) is 4.67. The molecule has 204 valence electrons. The molecular formula is C30H44ClN3O3. The van der Waals surface area contributed by atoms with E-state index in [2.05, 4.69) is 16.9 Å². The fraction of sp³-hybridized carbons (Fsp3) is 0.533. The molecule has 0 spiro atoms. The van der Waals surface area contributed by atoms with E-state index in [0.717, 1.165) is 41.2 Å². The van der Waals surface area contributed by atoms with Gasteiger partial charge >= 0.3 is 5.97 Å². The number of hydrogen-bond acceptors (Lipinski definition) is 4. The first kappa shape index (κ1) is 30.5. The van der Waals surface area contributed by atoms with Crippen LogP contribution in [0, 0.1) is 13.8 Å². The van der Waals surface area contributed by atoms with Gasteiger partial charge in [-0.05, 0) is 44.0 Å². The predicted molar refractivity (Wildman–Crippen MR) is 155 cm³/mol. The van der Waals surface area contributed by atoms with Crippen LogP contribution in [0.25, 0.3) is 6.08 Å². The van der Waals surface area contributed by atoms with Gasteiger partial charge in [-0.1, -0.05) is 71.1 Å². The highest BCUT2D eigenvalue weighted by Crippen LogP contribution is 2.27. The zero-order chi connectivity index (χ0) is 25.8. The van der Waals surface area contributed by atoms with Crippen molar-refractivity contribution in [3.8, 4) is 0 Å². The number of rotatable bonds is 16. The zero-order valence-electron chi connectivity index (χ0n) is 23.0. The number of aromatic nitrogens is 2. The van der Waals surface area contributed by atoms with Crippen LogP contribution in [0.3, 0.4) is 0 Å². The molecule has 37 heavy (non-hydrogen) atoms. The van der Waals surface area contributed by atoms with Gasteiger partial charge in [0.25, 0.3) is 0 Å². The number of carbonyl (C=O) groups excluding carboxylic acids is 1. The largest absolute Gasteiger partial charge is 0.494 e. The zero-order valence-corrected chi connectivity index (χ0v) is 23.8. The minimum atomic E-state index is -0.262. The molecule has 0 atom stereocenters. The number of hydrogen-bond donors (Lipinski definition) is 2. The molecule has 3 heterocycles. The summed E-state index contributed by atoms with van der Waals surface area (Å²) in [5, 5.41) is 0. The molecule has 0 bridgehead atoms. The Balaban J connectivity index is 0.00000481. The van der Waals surface area contributed by atoms with Crippen molar-refractivity contribution in [1.29, 1.82) is 0 Å². The van der Waals surface area contributed by atoms with Gasteiger partial charge in [0.05, 0.1) is 30.7 Å². The van der Waals surface area contributed by atoms with Gasteiger partial charge in [0, 0.05) is 23.7 Å². The van der Waals surface area contributed by atoms with E-state index in [9.17, 15) is 4.79 Å². The van der Waals surface area contributed by atoms with Crippen LogP contribution in [-0.4, -0.2) is 35.4 Å². The molecule has 0 saturated heterocycles. The average Bonchev–Trinajstić information content (AvgIpc) is 3.59. The topological polar surface area (TPSA) is 79.5 Å². The Morgan fingerprint density at radius 3 is 2.24 bits per heavy atom. The van der Waals surface area contributed by atoms with Crippen LogP contribution in [0.15, 0.2) is 40.9 Å². The molecule has 2 aromatic heterocycles. The lowest BCUT2D eigenvalue weighted by Gasteiger charge is -2.06. The summed E-state index contributed by atoms with van der Waals surface area (Å²) < 4.78 is 11.2. The van der Waals surface area contributed by atoms with Crippen LogP contribution in [0.5, 0.6) is 0 Å². The van der Waals surface area contributed by atoms with Crippen LogP contribution < -0.4 is 0 Å². The maximum Gasteiger partial charge on any atom is 0.340 e. The third-order valence-corrected chi connectivity index (χ3v) is 6.80. The molecule has 0 fully saturated rings. The molecule has 2 aromatic rings. The van der Waals surface area contributed by atoms with Crippen molar-refractivity contribution >= 4 is 30.2 Å². The van der Waals surface area contributed by atoms with Gasteiger partial charge in [0.1, 0.15) is 11.5 Å². The van der Waals surface area contributed by atoms with Crippen LogP contribution >= 0.6 is 12.4 Å². The summed E-state index contributed by atoms with van der Waals surface area (Å²) in [5.74, 6) is 0.425. The lowest BCUT2D eigenvalue weighted by atomic mass is 10.1.